The van der Waals surface area contributed by atoms with Crippen LogP contribution in [0.25, 0.3) is 0 Å². The van der Waals surface area contributed by atoms with Gasteiger partial charge in [-0.3, -0.25) is 0 Å². The second kappa shape index (κ2) is 7.31. The first-order valence-corrected chi connectivity index (χ1v) is 9.55. The summed E-state index contributed by atoms with van der Waals surface area (Å²) in [6, 6.07) is 20.5. The number of benzene rings is 2. The zero-order valence-electron chi connectivity index (χ0n) is 13.2. The van der Waals surface area contributed by atoms with Crippen LogP contribution in [0.1, 0.15) is 18.6 Å². The summed E-state index contributed by atoms with van der Waals surface area (Å²) in [6.45, 7) is 1.97. The Balaban J connectivity index is 1.93. The molecule has 1 heterocycles. The van der Waals surface area contributed by atoms with E-state index in [0.717, 1.165) is 5.56 Å². The summed E-state index contributed by atoms with van der Waals surface area (Å²) in [7, 11) is 1.46. The van der Waals surface area contributed by atoms with Gasteiger partial charge in [0, 0.05) is 0 Å². The summed E-state index contributed by atoms with van der Waals surface area (Å²) >= 11 is 0.130. The van der Waals surface area contributed by atoms with Crippen molar-refractivity contribution in [3.8, 4) is 0 Å². The fraction of sp³-hybridized carbons (Fsp3) is 0.316. The van der Waals surface area contributed by atoms with Gasteiger partial charge in [-0.2, -0.15) is 0 Å². The molecule has 2 aromatic carbocycles. The van der Waals surface area contributed by atoms with Gasteiger partial charge >= 0.3 is 143 Å². The van der Waals surface area contributed by atoms with Gasteiger partial charge in [0.15, 0.2) is 0 Å². The van der Waals surface area contributed by atoms with Gasteiger partial charge in [-0.1, -0.05) is 0 Å². The van der Waals surface area contributed by atoms with Crippen molar-refractivity contribution in [2.75, 3.05) is 7.11 Å². The number of hydrogen-bond donors (Lipinski definition) is 0. The van der Waals surface area contributed by atoms with Crippen LogP contribution in [0.3, 0.4) is 0 Å². The number of carbonyl (C=O) groups is 1. The third-order valence-electron chi connectivity index (χ3n) is 4.14. The Bertz CT molecular complexity index is 644. The summed E-state index contributed by atoms with van der Waals surface area (Å²) in [4.78, 5) is 12.4. The van der Waals surface area contributed by atoms with Gasteiger partial charge in [-0.05, 0) is 0 Å². The van der Waals surface area contributed by atoms with Crippen LogP contribution in [0.2, 0.25) is 4.82 Å². The van der Waals surface area contributed by atoms with Crippen molar-refractivity contribution in [1.29, 1.82) is 0 Å². The molecule has 0 aliphatic carbocycles. The molecule has 0 N–H and O–H groups in total. The zero-order valence-corrected chi connectivity index (χ0v) is 14.9. The number of hydrogen-bond acceptors (Lipinski definition) is 3. The SMILES string of the molecule is COC(=O)[C@H]1[C@H]([Se]c2ccccc2)[C@@H](c2ccccc2)O[C@@H]1C. The molecule has 23 heavy (non-hydrogen) atoms. The first kappa shape index (κ1) is 16.3. The van der Waals surface area contributed by atoms with Crippen LogP contribution in [-0.4, -0.2) is 34.1 Å². The Hall–Kier alpha value is -1.61. The molecule has 2 aromatic rings. The van der Waals surface area contributed by atoms with Crippen molar-refractivity contribution in [2.24, 2.45) is 5.92 Å². The van der Waals surface area contributed by atoms with Gasteiger partial charge < -0.3 is 0 Å². The Kier molecular flexibility index (Phi) is 5.16. The van der Waals surface area contributed by atoms with E-state index in [1.807, 2.05) is 43.3 Å². The molecule has 0 bridgehead atoms. The molecule has 1 aliphatic heterocycles. The monoisotopic (exact) mass is 376 g/mol. The van der Waals surface area contributed by atoms with Crippen molar-refractivity contribution in [3.05, 3.63) is 66.2 Å². The van der Waals surface area contributed by atoms with Gasteiger partial charge in [0.25, 0.3) is 0 Å². The first-order valence-electron chi connectivity index (χ1n) is 7.70. The van der Waals surface area contributed by atoms with E-state index in [1.165, 1.54) is 11.6 Å². The summed E-state index contributed by atoms with van der Waals surface area (Å²) in [5.41, 5.74) is 1.13. The van der Waals surface area contributed by atoms with Crippen molar-refractivity contribution in [1.82, 2.24) is 0 Å². The van der Waals surface area contributed by atoms with Gasteiger partial charge in [0.1, 0.15) is 0 Å². The molecule has 0 saturated carbocycles. The summed E-state index contributed by atoms with van der Waals surface area (Å²) in [5, 5.41) is 0. The van der Waals surface area contributed by atoms with Gasteiger partial charge in [0.05, 0.1) is 0 Å². The fourth-order valence-electron chi connectivity index (χ4n) is 3.01. The maximum absolute atomic E-state index is 12.3. The zero-order chi connectivity index (χ0) is 16.2. The first-order chi connectivity index (χ1) is 11.2. The number of methoxy groups -OCH3 is 1. The topological polar surface area (TPSA) is 35.5 Å². The Morgan fingerprint density at radius 2 is 1.65 bits per heavy atom. The van der Waals surface area contributed by atoms with E-state index >= 15 is 0 Å². The van der Waals surface area contributed by atoms with E-state index < -0.39 is 0 Å². The van der Waals surface area contributed by atoms with E-state index in [1.54, 1.807) is 0 Å². The van der Waals surface area contributed by atoms with Gasteiger partial charge in [-0.15, -0.1) is 0 Å². The van der Waals surface area contributed by atoms with Crippen LogP contribution in [0.15, 0.2) is 60.7 Å². The van der Waals surface area contributed by atoms with Crippen LogP contribution >= 0.6 is 0 Å². The van der Waals surface area contributed by atoms with Crippen molar-refractivity contribution in [3.63, 3.8) is 0 Å². The van der Waals surface area contributed by atoms with E-state index in [9.17, 15) is 4.79 Å². The molecule has 0 spiro atoms. The molecule has 1 fully saturated rings. The number of esters is 1. The van der Waals surface area contributed by atoms with Gasteiger partial charge in [0.2, 0.25) is 0 Å². The molecule has 0 unspecified atom stereocenters. The fourth-order valence-corrected chi connectivity index (χ4v) is 6.06. The van der Waals surface area contributed by atoms with Crippen LogP contribution < -0.4 is 4.46 Å². The third-order valence-corrected chi connectivity index (χ3v) is 6.98. The average Bonchev–Trinajstić information content (AvgIpc) is 2.92. The second-order valence-corrected chi connectivity index (χ2v) is 8.24. The molecule has 0 amide bonds. The molecule has 120 valence electrons. The third kappa shape index (κ3) is 3.50. The number of carbonyl (C=O) groups excluding carboxylic acids is 1. The molecule has 1 aliphatic rings. The van der Waals surface area contributed by atoms with Crippen molar-refractivity contribution in [2.45, 2.75) is 23.9 Å². The predicted molar refractivity (Wildman–Crippen MR) is 90.8 cm³/mol. The average molecular weight is 375 g/mol. The van der Waals surface area contributed by atoms with Crippen LogP contribution in [-0.2, 0) is 14.3 Å². The molecule has 1 saturated heterocycles. The molecule has 4 heteroatoms. The summed E-state index contributed by atoms with van der Waals surface area (Å²) in [5.74, 6) is -0.385. The maximum atomic E-state index is 12.3. The molecule has 3 rings (SSSR count). The molecule has 4 atom stereocenters. The number of ether oxygens (including phenoxy) is 2. The number of rotatable bonds is 4. The van der Waals surface area contributed by atoms with E-state index in [2.05, 4.69) is 24.3 Å². The molecule has 3 nitrogen and oxygen atoms in total. The van der Waals surface area contributed by atoms with Gasteiger partial charge in [-0.25, -0.2) is 0 Å². The summed E-state index contributed by atoms with van der Waals surface area (Å²) < 4.78 is 12.5. The molecule has 0 aromatic heterocycles. The molecule has 0 radical (unpaired) electrons. The quantitative estimate of drug-likeness (QED) is 0.609. The molecular weight excluding hydrogens is 355 g/mol. The van der Waals surface area contributed by atoms with Crippen LogP contribution in [0.4, 0.5) is 0 Å². The van der Waals surface area contributed by atoms with E-state index in [-0.39, 0.29) is 43.9 Å². The Labute approximate surface area is 143 Å². The minimum atomic E-state index is -0.217. The minimum absolute atomic E-state index is 0.0597. The standard InChI is InChI=1S/C19H20O3Se/c1-13-16(19(20)21-2)18(23-15-11-7-4-8-12-15)17(22-13)14-9-5-3-6-10-14/h3-13,16-18H,1-2H3/t13-,16-,17-,18+/m1/s1. The van der Waals surface area contributed by atoms with Crippen LogP contribution in [0.5, 0.6) is 0 Å². The van der Waals surface area contributed by atoms with E-state index in [0.29, 0.717) is 0 Å². The Morgan fingerprint density at radius 1 is 1.04 bits per heavy atom. The summed E-state index contributed by atoms with van der Waals surface area (Å²) in [6.07, 6.45) is -0.196. The van der Waals surface area contributed by atoms with E-state index in [4.69, 9.17) is 9.47 Å². The van der Waals surface area contributed by atoms with Crippen molar-refractivity contribution >= 4 is 25.4 Å². The van der Waals surface area contributed by atoms with Crippen molar-refractivity contribution < 1.29 is 14.3 Å². The predicted octanol–water partition coefficient (Wildman–Crippen LogP) is 2.75. The second-order valence-electron chi connectivity index (χ2n) is 5.62. The Morgan fingerprint density at radius 3 is 2.26 bits per heavy atom. The van der Waals surface area contributed by atoms with Crippen LogP contribution in [0, 0.1) is 5.92 Å². The normalized spacial score (nSPS) is 26.9. The molecular formula is C19H20O3Se.